The van der Waals surface area contributed by atoms with Crippen LogP contribution in [0.4, 0.5) is 11.5 Å². The van der Waals surface area contributed by atoms with E-state index in [1.165, 1.54) is 0 Å². The van der Waals surface area contributed by atoms with E-state index in [9.17, 15) is 0 Å². The summed E-state index contributed by atoms with van der Waals surface area (Å²) in [5.74, 6) is 0.585. The normalized spacial score (nSPS) is 13.4. The maximum absolute atomic E-state index is 7.89. The number of aromatic nitrogens is 2. The third-order valence-electron chi connectivity index (χ3n) is 2.43. The number of benzene rings is 1. The number of hydrazine groups is 2. The highest BCUT2D eigenvalue weighted by Crippen LogP contribution is 2.22. The number of nitrogens with zero attached hydrogens (tertiary/aromatic N) is 3. The predicted molar refractivity (Wildman–Crippen MR) is 72.7 cm³/mol. The van der Waals surface area contributed by atoms with E-state index in [4.69, 9.17) is 17.0 Å². The predicted octanol–water partition coefficient (Wildman–Crippen LogP) is 1.78. The van der Waals surface area contributed by atoms with Crippen molar-refractivity contribution >= 4 is 46.5 Å². The van der Waals surface area contributed by atoms with Crippen molar-refractivity contribution in [2.24, 2.45) is 0 Å². The molecule has 0 radical (unpaired) electrons. The first-order valence-electron chi connectivity index (χ1n) is 4.97. The molecule has 0 spiro atoms. The number of hydrogen-bond acceptors (Lipinski definition) is 6. The Bertz CT molecular complexity index is 674. The van der Waals surface area contributed by atoms with Crippen molar-refractivity contribution in [3.05, 3.63) is 28.7 Å². The zero-order valence-electron chi connectivity index (χ0n) is 9.36. The van der Waals surface area contributed by atoms with Gasteiger partial charge < -0.3 is 0 Å². The van der Waals surface area contributed by atoms with Gasteiger partial charge >= 0.3 is 0 Å². The smallest absolute Gasteiger partial charge is 0.174 e. The lowest BCUT2D eigenvalue weighted by atomic mass is 10.3. The van der Waals surface area contributed by atoms with E-state index < -0.39 is 0 Å². The average Bonchev–Trinajstić information content (AvgIpc) is 2.58. The molecule has 0 fully saturated rings. The first-order chi connectivity index (χ1) is 8.13. The minimum atomic E-state index is 0. The fourth-order valence-corrected chi connectivity index (χ4v) is 1.85. The lowest BCUT2D eigenvalue weighted by molar-refractivity contribution is 0.504. The van der Waals surface area contributed by atoms with Crippen LogP contribution >= 0.6 is 24.0 Å². The first-order valence-corrected chi connectivity index (χ1v) is 5.34. The summed E-state index contributed by atoms with van der Waals surface area (Å²) in [5.41, 5.74) is 7.91. The molecule has 0 saturated heterocycles. The van der Waals surface area contributed by atoms with Crippen molar-refractivity contribution in [1.29, 1.82) is 5.41 Å². The molecule has 0 aliphatic carbocycles. The Kier molecular flexibility index (Phi) is 3.25. The number of hydrogen-bond donors (Lipinski definition) is 3. The number of fused-ring (bicyclic) bond motifs is 2. The van der Waals surface area contributed by atoms with Crippen molar-refractivity contribution in [2.75, 3.05) is 17.9 Å². The summed E-state index contributed by atoms with van der Waals surface area (Å²) in [6, 6.07) is 5.23. The maximum Gasteiger partial charge on any atom is 0.174 e. The van der Waals surface area contributed by atoms with Gasteiger partial charge in [0.2, 0.25) is 0 Å². The second-order valence-electron chi connectivity index (χ2n) is 3.71. The van der Waals surface area contributed by atoms with Gasteiger partial charge in [-0.15, -0.1) is 17.5 Å². The summed E-state index contributed by atoms with van der Waals surface area (Å²) in [4.78, 5) is 8.61. The van der Waals surface area contributed by atoms with Crippen LogP contribution in [0.2, 0.25) is 5.02 Å². The van der Waals surface area contributed by atoms with E-state index in [1.54, 1.807) is 30.4 Å². The van der Waals surface area contributed by atoms with Gasteiger partial charge in [0.25, 0.3) is 0 Å². The van der Waals surface area contributed by atoms with Gasteiger partial charge in [0, 0.05) is 12.1 Å². The van der Waals surface area contributed by atoms with E-state index in [2.05, 4.69) is 20.8 Å². The second kappa shape index (κ2) is 4.56. The van der Waals surface area contributed by atoms with Crippen LogP contribution in [0.15, 0.2) is 18.2 Å². The van der Waals surface area contributed by atoms with E-state index in [0.29, 0.717) is 27.6 Å². The molecule has 6 nitrogen and oxygen atoms in total. The lowest BCUT2D eigenvalue weighted by Gasteiger charge is -2.07. The van der Waals surface area contributed by atoms with Crippen molar-refractivity contribution in [3.63, 3.8) is 0 Å². The Morgan fingerprint density at radius 3 is 2.78 bits per heavy atom. The van der Waals surface area contributed by atoms with Crippen molar-refractivity contribution in [3.8, 4) is 0 Å². The molecule has 1 aromatic heterocycles. The molecule has 0 bridgehead atoms. The highest BCUT2D eigenvalue weighted by atomic mass is 35.5. The molecular formula is C10H10Cl2N6. The highest BCUT2D eigenvalue weighted by molar-refractivity contribution is 6.31. The molecule has 0 amide bonds. The van der Waals surface area contributed by atoms with E-state index in [0.717, 1.165) is 0 Å². The zero-order chi connectivity index (χ0) is 12.0. The maximum atomic E-state index is 7.89. The van der Waals surface area contributed by atoms with Gasteiger partial charge in [-0.1, -0.05) is 11.6 Å². The molecule has 2 heterocycles. The molecule has 8 heteroatoms. The molecule has 2 aromatic rings. The average molecular weight is 285 g/mol. The highest BCUT2D eigenvalue weighted by Gasteiger charge is 2.17. The fraction of sp³-hybridized carbons (Fsp3) is 0.100. The van der Waals surface area contributed by atoms with E-state index in [-0.39, 0.29) is 17.9 Å². The van der Waals surface area contributed by atoms with Crippen molar-refractivity contribution in [1.82, 2.24) is 15.1 Å². The number of nitrogens with one attached hydrogen (secondary N) is 3. The van der Waals surface area contributed by atoms with Crippen LogP contribution in [0.25, 0.3) is 11.0 Å². The third-order valence-corrected chi connectivity index (χ3v) is 2.66. The van der Waals surface area contributed by atoms with Gasteiger partial charge in [-0.2, -0.15) is 0 Å². The summed E-state index contributed by atoms with van der Waals surface area (Å²) in [7, 11) is 1.79. The van der Waals surface area contributed by atoms with Gasteiger partial charge in [0.05, 0.1) is 11.0 Å². The Hall–Kier alpha value is -1.63. The summed E-state index contributed by atoms with van der Waals surface area (Å²) in [5, 5.41) is 10.1. The molecule has 0 unspecified atom stereocenters. The fourth-order valence-electron chi connectivity index (χ4n) is 1.69. The molecule has 3 N–H and O–H groups in total. The minimum absolute atomic E-state index is 0. The van der Waals surface area contributed by atoms with Crippen molar-refractivity contribution in [2.45, 2.75) is 0 Å². The van der Waals surface area contributed by atoms with Gasteiger partial charge in [-0.25, -0.2) is 9.97 Å². The van der Waals surface area contributed by atoms with Crippen LogP contribution in [0, 0.1) is 5.41 Å². The first kappa shape index (κ1) is 12.8. The van der Waals surface area contributed by atoms with E-state index in [1.807, 2.05) is 0 Å². The van der Waals surface area contributed by atoms with Crippen LogP contribution in [0.5, 0.6) is 0 Å². The number of halogens is 2. The molecule has 0 atom stereocenters. The molecule has 1 aromatic carbocycles. The molecule has 18 heavy (non-hydrogen) atoms. The van der Waals surface area contributed by atoms with Crippen LogP contribution in [0.1, 0.15) is 0 Å². The lowest BCUT2D eigenvalue weighted by Crippen LogP contribution is -2.25. The summed E-state index contributed by atoms with van der Waals surface area (Å²) < 4.78 is 0. The summed E-state index contributed by atoms with van der Waals surface area (Å²) >= 11 is 5.90. The monoisotopic (exact) mass is 284 g/mol. The summed E-state index contributed by atoms with van der Waals surface area (Å²) in [6.07, 6.45) is 0. The Labute approximate surface area is 114 Å². The molecular weight excluding hydrogens is 275 g/mol. The Morgan fingerprint density at radius 1 is 1.22 bits per heavy atom. The van der Waals surface area contributed by atoms with Gasteiger partial charge in [-0.3, -0.25) is 16.3 Å². The molecule has 0 saturated carbocycles. The van der Waals surface area contributed by atoms with Gasteiger partial charge in [0.15, 0.2) is 11.3 Å². The summed E-state index contributed by atoms with van der Waals surface area (Å²) in [6.45, 7) is 0. The topological polar surface area (TPSA) is 76.9 Å². The van der Waals surface area contributed by atoms with Gasteiger partial charge in [0.1, 0.15) is 5.69 Å². The zero-order valence-corrected chi connectivity index (χ0v) is 10.9. The van der Waals surface area contributed by atoms with Crippen LogP contribution in [0.3, 0.4) is 0 Å². The third kappa shape index (κ3) is 2.05. The molecule has 3 rings (SSSR count). The standard InChI is InChI=1S/C10H9ClN6.ClH/c1-17-15-8-9(12)13-7-4-5(11)2-3-6(7)14-10(8)16-17;/h2-4,12,15-16H,1H3;1H. The van der Waals surface area contributed by atoms with Gasteiger partial charge in [-0.05, 0) is 18.2 Å². The van der Waals surface area contributed by atoms with Crippen LogP contribution < -0.4 is 16.3 Å². The van der Waals surface area contributed by atoms with Crippen molar-refractivity contribution < 1.29 is 0 Å². The molecule has 94 valence electrons. The van der Waals surface area contributed by atoms with Crippen LogP contribution in [-0.4, -0.2) is 22.1 Å². The number of anilines is 2. The minimum Gasteiger partial charge on any atom is -0.295 e. The SMILES string of the molecule is CN1Nc2nc3ccc(Cl)cc3nc(=N)c2N1.Cl. The molecule has 1 aliphatic rings. The number of rotatable bonds is 0. The van der Waals surface area contributed by atoms with Crippen LogP contribution in [-0.2, 0) is 0 Å². The Morgan fingerprint density at radius 2 is 2.00 bits per heavy atom. The second-order valence-corrected chi connectivity index (χ2v) is 4.15. The largest absolute Gasteiger partial charge is 0.295 e. The Balaban J connectivity index is 0.00000120. The molecule has 1 aliphatic heterocycles. The quantitative estimate of drug-likeness (QED) is 0.688. The van der Waals surface area contributed by atoms with E-state index >= 15 is 0 Å².